The van der Waals surface area contributed by atoms with E-state index in [4.69, 9.17) is 0 Å². The Balaban J connectivity index is 1.37. The average molecular weight is 359 g/mol. The number of likely N-dealkylation sites (tertiary alicyclic amines) is 2. The lowest BCUT2D eigenvalue weighted by Gasteiger charge is -2.48. The van der Waals surface area contributed by atoms with Crippen LogP contribution in [0.2, 0.25) is 0 Å². The Morgan fingerprint density at radius 2 is 2.00 bits per heavy atom. The quantitative estimate of drug-likeness (QED) is 0.898. The molecule has 0 radical (unpaired) electrons. The summed E-state index contributed by atoms with van der Waals surface area (Å²) in [5, 5.41) is 3.42. The number of hydrogen-bond acceptors (Lipinski definition) is 3. The summed E-state index contributed by atoms with van der Waals surface area (Å²) in [6.07, 6.45) is 5.13. The van der Waals surface area contributed by atoms with Gasteiger partial charge in [-0.2, -0.15) is 0 Å². The van der Waals surface area contributed by atoms with Crippen LogP contribution >= 0.6 is 0 Å². The van der Waals surface area contributed by atoms with Gasteiger partial charge in [0.05, 0.1) is 0 Å². The molecule has 2 atom stereocenters. The molecule has 1 N–H and O–H groups in total. The molecule has 0 aromatic heterocycles. The lowest BCUT2D eigenvalue weighted by molar-refractivity contribution is -0.142. The molecule has 1 amide bonds. The van der Waals surface area contributed by atoms with Crippen LogP contribution in [-0.2, 0) is 11.3 Å². The third-order valence-electron chi connectivity index (χ3n) is 6.44. The average Bonchev–Trinajstić information content (AvgIpc) is 2.65. The smallest absolute Gasteiger partial charge is 0.222 e. The third kappa shape index (κ3) is 4.09. The monoisotopic (exact) mass is 359 g/mol. The van der Waals surface area contributed by atoms with E-state index in [9.17, 15) is 9.18 Å². The van der Waals surface area contributed by atoms with E-state index in [0.29, 0.717) is 30.2 Å². The van der Waals surface area contributed by atoms with Gasteiger partial charge >= 0.3 is 0 Å². The zero-order chi connectivity index (χ0) is 17.9. The number of carbonyl (C=O) groups is 1. The van der Waals surface area contributed by atoms with E-state index in [1.54, 1.807) is 12.1 Å². The summed E-state index contributed by atoms with van der Waals surface area (Å²) in [5.41, 5.74) is 1.04. The maximum atomic E-state index is 13.4. The molecule has 0 spiro atoms. The highest BCUT2D eigenvalue weighted by molar-refractivity contribution is 5.77. The van der Waals surface area contributed by atoms with E-state index in [0.717, 1.165) is 57.7 Å². The molecule has 3 aliphatic heterocycles. The number of nitrogens with one attached hydrogen (secondary N) is 1. The molecule has 3 aliphatic rings. The van der Waals surface area contributed by atoms with Crippen molar-refractivity contribution in [3.05, 3.63) is 35.6 Å². The van der Waals surface area contributed by atoms with Gasteiger partial charge in [0, 0.05) is 38.6 Å². The number of fused-ring (bicyclic) bond motifs is 1. The molecule has 0 saturated carbocycles. The van der Waals surface area contributed by atoms with Crippen LogP contribution in [-0.4, -0.2) is 54.5 Å². The Morgan fingerprint density at radius 1 is 1.15 bits per heavy atom. The zero-order valence-corrected chi connectivity index (χ0v) is 15.5. The lowest BCUT2D eigenvalue weighted by atomic mass is 9.82. The summed E-state index contributed by atoms with van der Waals surface area (Å²) >= 11 is 0. The van der Waals surface area contributed by atoms with Crippen LogP contribution in [0, 0.1) is 17.7 Å². The van der Waals surface area contributed by atoms with Gasteiger partial charge in [-0.25, -0.2) is 4.39 Å². The van der Waals surface area contributed by atoms with E-state index in [-0.39, 0.29) is 5.82 Å². The second-order valence-corrected chi connectivity index (χ2v) is 8.26. The molecule has 142 valence electrons. The molecule has 0 unspecified atom stereocenters. The molecular weight excluding hydrogens is 329 g/mol. The second-order valence-electron chi connectivity index (χ2n) is 8.26. The lowest BCUT2D eigenvalue weighted by Crippen LogP contribution is -2.57. The van der Waals surface area contributed by atoms with Crippen LogP contribution in [0.25, 0.3) is 0 Å². The Bertz CT molecular complexity index is 631. The first-order valence-corrected chi connectivity index (χ1v) is 10.2. The highest BCUT2D eigenvalue weighted by atomic mass is 19.1. The standard InChI is InChI=1S/C21H30FN3O/c22-19-3-1-2-17(12-19)13-24-11-8-20-18(15-24)4-5-21(26)25(20)14-16-6-9-23-10-7-16/h1-3,12,16,18,20,23H,4-11,13-15H2/t18-,20+/m0/s1. The van der Waals surface area contributed by atoms with Gasteiger partial charge in [0.25, 0.3) is 0 Å². The van der Waals surface area contributed by atoms with Gasteiger partial charge in [-0.3, -0.25) is 9.69 Å². The Labute approximate surface area is 155 Å². The van der Waals surface area contributed by atoms with Gasteiger partial charge in [0.2, 0.25) is 5.91 Å². The summed E-state index contributed by atoms with van der Waals surface area (Å²) in [6, 6.07) is 7.34. The minimum Gasteiger partial charge on any atom is -0.339 e. The van der Waals surface area contributed by atoms with Crippen molar-refractivity contribution in [1.82, 2.24) is 15.1 Å². The number of hydrogen-bond donors (Lipinski definition) is 1. The fraction of sp³-hybridized carbons (Fsp3) is 0.667. The Hall–Kier alpha value is -1.46. The molecule has 0 aliphatic carbocycles. The van der Waals surface area contributed by atoms with E-state index in [1.165, 1.54) is 18.9 Å². The van der Waals surface area contributed by atoms with Gasteiger partial charge in [0.1, 0.15) is 5.82 Å². The number of nitrogens with zero attached hydrogens (tertiary/aromatic N) is 2. The highest BCUT2D eigenvalue weighted by Gasteiger charge is 2.39. The topological polar surface area (TPSA) is 35.6 Å². The van der Waals surface area contributed by atoms with Gasteiger partial charge in [0.15, 0.2) is 0 Å². The van der Waals surface area contributed by atoms with Crippen LogP contribution in [0.3, 0.4) is 0 Å². The molecule has 0 bridgehead atoms. The number of piperidine rings is 3. The van der Waals surface area contributed by atoms with Crippen LogP contribution in [0.5, 0.6) is 0 Å². The van der Waals surface area contributed by atoms with Crippen molar-refractivity contribution in [1.29, 1.82) is 0 Å². The van der Waals surface area contributed by atoms with E-state index in [2.05, 4.69) is 15.1 Å². The molecule has 3 heterocycles. The van der Waals surface area contributed by atoms with Crippen LogP contribution in [0.1, 0.15) is 37.7 Å². The van der Waals surface area contributed by atoms with E-state index < -0.39 is 0 Å². The number of carbonyl (C=O) groups excluding carboxylic acids is 1. The van der Waals surface area contributed by atoms with Gasteiger partial charge in [-0.05, 0) is 68.3 Å². The minimum absolute atomic E-state index is 0.159. The summed E-state index contributed by atoms with van der Waals surface area (Å²) < 4.78 is 13.4. The second kappa shape index (κ2) is 8.05. The predicted octanol–water partition coefficient (Wildman–Crippen LogP) is 2.64. The minimum atomic E-state index is -0.159. The first kappa shape index (κ1) is 17.9. The zero-order valence-electron chi connectivity index (χ0n) is 15.5. The first-order valence-electron chi connectivity index (χ1n) is 10.2. The fourth-order valence-corrected chi connectivity index (χ4v) is 5.04. The van der Waals surface area contributed by atoms with E-state index >= 15 is 0 Å². The van der Waals surface area contributed by atoms with E-state index in [1.807, 2.05) is 6.07 Å². The van der Waals surface area contributed by atoms with Crippen molar-refractivity contribution < 1.29 is 9.18 Å². The SMILES string of the molecule is O=C1CC[C@H]2CN(Cc3cccc(F)c3)CC[C@H]2N1CC1CCNCC1. The van der Waals surface area contributed by atoms with Crippen LogP contribution in [0.15, 0.2) is 24.3 Å². The molecule has 3 saturated heterocycles. The number of benzene rings is 1. The summed E-state index contributed by atoms with van der Waals surface area (Å²) in [7, 11) is 0. The van der Waals surface area contributed by atoms with Crippen molar-refractivity contribution in [2.45, 2.75) is 44.7 Å². The van der Waals surface area contributed by atoms with Gasteiger partial charge in [-0.15, -0.1) is 0 Å². The summed E-state index contributed by atoms with van der Waals surface area (Å²) in [4.78, 5) is 17.3. The van der Waals surface area contributed by atoms with Crippen molar-refractivity contribution in [2.75, 3.05) is 32.7 Å². The molecule has 4 nitrogen and oxygen atoms in total. The van der Waals surface area contributed by atoms with Crippen LogP contribution < -0.4 is 5.32 Å². The molecule has 5 heteroatoms. The molecule has 3 fully saturated rings. The number of rotatable bonds is 4. The van der Waals surface area contributed by atoms with Crippen molar-refractivity contribution in [2.24, 2.45) is 11.8 Å². The molecule has 1 aromatic rings. The highest BCUT2D eigenvalue weighted by Crippen LogP contribution is 2.33. The predicted molar refractivity (Wildman–Crippen MR) is 100 cm³/mol. The largest absolute Gasteiger partial charge is 0.339 e. The van der Waals surface area contributed by atoms with Crippen molar-refractivity contribution >= 4 is 5.91 Å². The van der Waals surface area contributed by atoms with Crippen LogP contribution in [0.4, 0.5) is 4.39 Å². The van der Waals surface area contributed by atoms with Crippen molar-refractivity contribution in [3.63, 3.8) is 0 Å². The van der Waals surface area contributed by atoms with Crippen molar-refractivity contribution in [3.8, 4) is 0 Å². The third-order valence-corrected chi connectivity index (χ3v) is 6.44. The Morgan fingerprint density at radius 3 is 2.81 bits per heavy atom. The molecule has 4 rings (SSSR count). The molecular formula is C21H30FN3O. The molecule has 26 heavy (non-hydrogen) atoms. The normalized spacial score (nSPS) is 28.2. The fourth-order valence-electron chi connectivity index (χ4n) is 5.04. The summed E-state index contributed by atoms with van der Waals surface area (Å²) in [6.45, 7) is 5.95. The Kier molecular flexibility index (Phi) is 5.55. The van der Waals surface area contributed by atoms with Gasteiger partial charge < -0.3 is 10.2 Å². The first-order chi connectivity index (χ1) is 12.7. The number of amides is 1. The molecule has 1 aromatic carbocycles. The maximum Gasteiger partial charge on any atom is 0.222 e. The summed E-state index contributed by atoms with van der Waals surface area (Å²) in [5.74, 6) is 1.43. The number of halogens is 1. The van der Waals surface area contributed by atoms with Gasteiger partial charge in [-0.1, -0.05) is 12.1 Å². The maximum absolute atomic E-state index is 13.4.